The minimum atomic E-state index is -1.21. The van der Waals surface area contributed by atoms with Gasteiger partial charge in [-0.1, -0.05) is 17.7 Å². The smallest absolute Gasteiger partial charge is 0.262 e. The summed E-state index contributed by atoms with van der Waals surface area (Å²) in [6, 6.07) is 11.7. The normalized spacial score (nSPS) is 15.2. The molecule has 1 aliphatic rings. The average Bonchev–Trinajstić information content (AvgIpc) is 3.65. The number of carbonyl (C=O) groups excluding carboxylic acids is 1. The Balaban J connectivity index is 0.00000323. The van der Waals surface area contributed by atoms with Gasteiger partial charge in [-0.05, 0) is 51.8 Å². The number of hydrogen-bond acceptors (Lipinski definition) is 7. The molecule has 11 nitrogen and oxygen atoms in total. The van der Waals surface area contributed by atoms with Gasteiger partial charge in [0.2, 0.25) is 0 Å². The van der Waals surface area contributed by atoms with Crippen LogP contribution < -0.4 is 5.32 Å². The second kappa shape index (κ2) is 11.4. The third-order valence-electron chi connectivity index (χ3n) is 6.90. The van der Waals surface area contributed by atoms with Gasteiger partial charge in [-0.25, -0.2) is 27.7 Å². The Labute approximate surface area is 237 Å². The molecule has 1 amide bonds. The molecule has 1 atom stereocenters. The summed E-state index contributed by atoms with van der Waals surface area (Å²) in [7, 11) is -1.21. The standard InChI is InChI=1S/C27H28N8O2S2.H2O/c1-17-5-7-21(8-6-17)35-24(31-26(36)22-16-29-34-12-4-11-28-25(22)34)15-23(32-35)20-9-13-33(14-10-20)39(37)27-18(2)30-19(3)38-27;/h4-8,11-12,15-16,20H,9-10,13-14H2,1-3H3,(H,31,36);1H2. The first-order valence-electron chi connectivity index (χ1n) is 12.7. The number of nitrogens with zero attached hydrogens (tertiary/aromatic N) is 7. The Hall–Kier alpha value is -3.78. The van der Waals surface area contributed by atoms with Crippen molar-refractivity contribution in [1.29, 1.82) is 0 Å². The van der Waals surface area contributed by atoms with Crippen LogP contribution >= 0.6 is 11.3 Å². The first-order valence-corrected chi connectivity index (χ1v) is 14.7. The lowest BCUT2D eigenvalue weighted by atomic mass is 9.95. The van der Waals surface area contributed by atoms with Crippen LogP contribution in [-0.4, -0.2) is 62.3 Å². The predicted molar refractivity (Wildman–Crippen MR) is 154 cm³/mol. The number of amides is 1. The molecule has 5 heterocycles. The third kappa shape index (κ3) is 5.32. The van der Waals surface area contributed by atoms with E-state index in [0.29, 0.717) is 30.1 Å². The molecule has 0 aliphatic carbocycles. The van der Waals surface area contributed by atoms with Crippen LogP contribution in [0.25, 0.3) is 11.3 Å². The van der Waals surface area contributed by atoms with Crippen LogP contribution in [0.3, 0.4) is 0 Å². The molecule has 0 saturated carbocycles. The minimum absolute atomic E-state index is 0. The van der Waals surface area contributed by atoms with Gasteiger partial charge in [0.1, 0.15) is 26.6 Å². The number of fused-ring (bicyclic) bond motifs is 1. The summed E-state index contributed by atoms with van der Waals surface area (Å²) in [5.41, 5.74) is 4.62. The maximum absolute atomic E-state index is 13.3. The van der Waals surface area contributed by atoms with Crippen LogP contribution in [0.15, 0.2) is 59.2 Å². The number of piperidine rings is 1. The van der Waals surface area contributed by atoms with Crippen LogP contribution in [0.5, 0.6) is 0 Å². The summed E-state index contributed by atoms with van der Waals surface area (Å²) in [4.78, 5) is 22.0. The fourth-order valence-corrected chi connectivity index (χ4v) is 7.53. The van der Waals surface area contributed by atoms with E-state index < -0.39 is 11.0 Å². The largest absolute Gasteiger partial charge is 0.412 e. The van der Waals surface area contributed by atoms with Crippen LogP contribution in [0.1, 0.15) is 51.1 Å². The van der Waals surface area contributed by atoms with Gasteiger partial charge in [-0.3, -0.25) is 4.79 Å². The van der Waals surface area contributed by atoms with E-state index in [1.54, 1.807) is 27.7 Å². The molecule has 3 N–H and O–H groups in total. The molecular weight excluding hydrogens is 548 g/mol. The van der Waals surface area contributed by atoms with E-state index in [4.69, 9.17) is 5.10 Å². The zero-order valence-corrected chi connectivity index (χ0v) is 24.0. The zero-order chi connectivity index (χ0) is 27.1. The van der Waals surface area contributed by atoms with Gasteiger partial charge in [0.05, 0.1) is 28.3 Å². The zero-order valence-electron chi connectivity index (χ0n) is 22.4. The molecule has 4 aromatic heterocycles. The second-order valence-corrected chi connectivity index (χ2v) is 12.5. The van der Waals surface area contributed by atoms with Crippen molar-refractivity contribution in [2.45, 2.75) is 43.7 Å². The Morgan fingerprint density at radius 3 is 2.58 bits per heavy atom. The van der Waals surface area contributed by atoms with Crippen molar-refractivity contribution in [2.24, 2.45) is 0 Å². The van der Waals surface area contributed by atoms with Gasteiger partial charge >= 0.3 is 0 Å². The topological polar surface area (TPSA) is 142 Å². The summed E-state index contributed by atoms with van der Waals surface area (Å²) in [5, 5.41) is 13.1. The number of aromatic nitrogens is 6. The van der Waals surface area contributed by atoms with E-state index in [1.165, 1.54) is 17.5 Å². The van der Waals surface area contributed by atoms with Crippen molar-refractivity contribution in [1.82, 2.24) is 33.7 Å². The molecule has 1 saturated heterocycles. The quantitative estimate of drug-likeness (QED) is 0.326. The highest BCUT2D eigenvalue weighted by Crippen LogP contribution is 2.33. The molecule has 1 unspecified atom stereocenters. The van der Waals surface area contributed by atoms with Crippen molar-refractivity contribution in [3.63, 3.8) is 0 Å². The van der Waals surface area contributed by atoms with Crippen LogP contribution in [-0.2, 0) is 11.0 Å². The monoisotopic (exact) mass is 578 g/mol. The number of hydrogen-bond donors (Lipinski definition) is 1. The first-order chi connectivity index (χ1) is 18.9. The molecule has 1 fully saturated rings. The minimum Gasteiger partial charge on any atom is -0.412 e. The van der Waals surface area contributed by atoms with E-state index in [1.807, 2.05) is 55.4 Å². The highest BCUT2D eigenvalue weighted by Gasteiger charge is 2.29. The lowest BCUT2D eigenvalue weighted by molar-refractivity contribution is 0.102. The van der Waals surface area contributed by atoms with Crippen LogP contribution in [0.4, 0.5) is 5.82 Å². The van der Waals surface area contributed by atoms with E-state index in [-0.39, 0.29) is 17.3 Å². The van der Waals surface area contributed by atoms with E-state index in [9.17, 15) is 9.00 Å². The lowest BCUT2D eigenvalue weighted by Crippen LogP contribution is -2.34. The van der Waals surface area contributed by atoms with Gasteiger partial charge in [-0.2, -0.15) is 10.2 Å². The molecule has 0 spiro atoms. The van der Waals surface area contributed by atoms with Gasteiger partial charge < -0.3 is 10.8 Å². The Morgan fingerprint density at radius 2 is 1.88 bits per heavy atom. The number of anilines is 1. The van der Waals surface area contributed by atoms with Gasteiger partial charge in [-0.15, -0.1) is 11.3 Å². The fourth-order valence-electron chi connectivity index (χ4n) is 4.85. The summed E-state index contributed by atoms with van der Waals surface area (Å²) >= 11 is 1.50. The highest BCUT2D eigenvalue weighted by molar-refractivity contribution is 7.85. The lowest BCUT2D eigenvalue weighted by Gasteiger charge is -2.29. The number of rotatable bonds is 6. The summed E-state index contributed by atoms with van der Waals surface area (Å²) in [6.07, 6.45) is 6.55. The molecular formula is C27H30N8O3S2. The van der Waals surface area contributed by atoms with Crippen molar-refractivity contribution < 1.29 is 14.5 Å². The first kappa shape index (κ1) is 27.8. The maximum atomic E-state index is 13.3. The summed E-state index contributed by atoms with van der Waals surface area (Å²) in [5.74, 6) is 0.461. The molecule has 208 valence electrons. The van der Waals surface area contributed by atoms with Crippen molar-refractivity contribution in [3.05, 3.63) is 82.5 Å². The van der Waals surface area contributed by atoms with Crippen molar-refractivity contribution in [2.75, 3.05) is 18.4 Å². The molecule has 0 bridgehead atoms. The van der Waals surface area contributed by atoms with Crippen molar-refractivity contribution >= 4 is 39.7 Å². The molecule has 6 rings (SSSR count). The number of aryl methyl sites for hydroxylation is 3. The molecule has 13 heteroatoms. The van der Waals surface area contributed by atoms with Crippen LogP contribution in [0, 0.1) is 20.8 Å². The fraction of sp³-hybridized carbons (Fsp3) is 0.296. The summed E-state index contributed by atoms with van der Waals surface area (Å²) < 4.78 is 19.4. The maximum Gasteiger partial charge on any atom is 0.262 e. The third-order valence-corrected chi connectivity index (χ3v) is 9.89. The Bertz CT molecular complexity index is 1680. The van der Waals surface area contributed by atoms with Crippen molar-refractivity contribution in [3.8, 4) is 5.69 Å². The summed E-state index contributed by atoms with van der Waals surface area (Å²) in [6.45, 7) is 7.28. The highest BCUT2D eigenvalue weighted by atomic mass is 32.2. The SMILES string of the molecule is Cc1ccc(-n2nc(C3CCN(S(=O)c4sc(C)nc4C)CC3)cc2NC(=O)c2cnn3cccnc23)cc1.O. The second-order valence-electron chi connectivity index (χ2n) is 9.66. The predicted octanol–water partition coefficient (Wildman–Crippen LogP) is 3.63. The Morgan fingerprint density at radius 1 is 1.12 bits per heavy atom. The van der Waals surface area contributed by atoms with E-state index >= 15 is 0 Å². The number of benzene rings is 1. The van der Waals surface area contributed by atoms with Gasteiger partial charge in [0.25, 0.3) is 5.91 Å². The Kier molecular flexibility index (Phi) is 7.90. The molecule has 1 aromatic carbocycles. The number of nitrogens with one attached hydrogen (secondary N) is 1. The van der Waals surface area contributed by atoms with Crippen LogP contribution in [0.2, 0.25) is 0 Å². The number of thiazole rings is 1. The number of carbonyl (C=O) groups is 1. The molecule has 5 aromatic rings. The van der Waals surface area contributed by atoms with Gasteiger partial charge in [0, 0.05) is 37.5 Å². The molecule has 0 radical (unpaired) electrons. The van der Waals surface area contributed by atoms with E-state index in [0.717, 1.165) is 44.7 Å². The average molecular weight is 579 g/mol. The molecule has 1 aliphatic heterocycles. The van der Waals surface area contributed by atoms with Gasteiger partial charge in [0.15, 0.2) is 5.65 Å². The van der Waals surface area contributed by atoms with E-state index in [2.05, 4.69) is 20.4 Å². The molecule has 40 heavy (non-hydrogen) atoms.